The molecule has 0 heterocycles. The van der Waals surface area contributed by atoms with Gasteiger partial charge in [0.1, 0.15) is 0 Å². The lowest BCUT2D eigenvalue weighted by Crippen LogP contribution is -2.42. The zero-order valence-electron chi connectivity index (χ0n) is 8.32. The van der Waals surface area contributed by atoms with Crippen LogP contribution in [0.15, 0.2) is 0 Å². The number of nitrogens with two attached hydrogens (primary N) is 1. The Hall–Kier alpha value is -0.440. The lowest BCUT2D eigenvalue weighted by molar-refractivity contribution is 0.168. The molecule has 1 fully saturated rings. The van der Waals surface area contributed by atoms with Gasteiger partial charge in [0.05, 0.1) is 0 Å². The van der Waals surface area contributed by atoms with Crippen LogP contribution in [0.5, 0.6) is 0 Å². The second kappa shape index (κ2) is 5.32. The van der Waals surface area contributed by atoms with E-state index in [-0.39, 0.29) is 18.4 Å². The largest absolute Gasteiger partial charge is 0.351 e. The molecule has 1 aliphatic rings. The molecule has 78 valence electrons. The molecular weight excluding hydrogens is 188 g/mol. The normalized spacial score (nSPS) is 27.5. The molecule has 1 aliphatic carbocycles. The summed E-state index contributed by atoms with van der Waals surface area (Å²) in [7, 11) is 1.80. The lowest BCUT2D eigenvalue weighted by atomic mass is 9.86. The standard InChI is InChI=1S/C9H18N2O.ClH/c1-7-4-3-5-8(6-7)11(2)9(10)12;/h7-8H,3-6H2,1-2H3,(H2,10,12);1H. The predicted octanol–water partition coefficient (Wildman–Crippen LogP) is 2.00. The molecule has 2 unspecified atom stereocenters. The van der Waals surface area contributed by atoms with E-state index in [0.29, 0.717) is 6.04 Å². The highest BCUT2D eigenvalue weighted by molar-refractivity contribution is 5.85. The van der Waals surface area contributed by atoms with Crippen LogP contribution in [-0.2, 0) is 0 Å². The van der Waals surface area contributed by atoms with Crippen molar-refractivity contribution in [2.24, 2.45) is 11.7 Å². The summed E-state index contributed by atoms with van der Waals surface area (Å²) >= 11 is 0. The van der Waals surface area contributed by atoms with E-state index in [1.165, 1.54) is 12.8 Å². The highest BCUT2D eigenvalue weighted by Gasteiger charge is 2.23. The maximum atomic E-state index is 10.9. The third-order valence-corrected chi connectivity index (χ3v) is 2.80. The summed E-state index contributed by atoms with van der Waals surface area (Å²) in [5, 5.41) is 0. The molecule has 4 heteroatoms. The van der Waals surface area contributed by atoms with E-state index < -0.39 is 0 Å². The smallest absolute Gasteiger partial charge is 0.314 e. The highest BCUT2D eigenvalue weighted by Crippen LogP contribution is 2.26. The fraction of sp³-hybridized carbons (Fsp3) is 0.889. The van der Waals surface area contributed by atoms with Gasteiger partial charge < -0.3 is 10.6 Å². The summed E-state index contributed by atoms with van der Waals surface area (Å²) < 4.78 is 0. The van der Waals surface area contributed by atoms with Crippen molar-refractivity contribution in [3.05, 3.63) is 0 Å². The van der Waals surface area contributed by atoms with Gasteiger partial charge in [-0.15, -0.1) is 12.4 Å². The first kappa shape index (κ1) is 12.6. The van der Waals surface area contributed by atoms with Gasteiger partial charge in [-0.2, -0.15) is 0 Å². The molecule has 1 saturated carbocycles. The van der Waals surface area contributed by atoms with Gasteiger partial charge in [-0.3, -0.25) is 0 Å². The van der Waals surface area contributed by atoms with Crippen LogP contribution in [0.1, 0.15) is 32.6 Å². The van der Waals surface area contributed by atoms with Crippen molar-refractivity contribution in [1.29, 1.82) is 0 Å². The van der Waals surface area contributed by atoms with Crippen LogP contribution in [0.3, 0.4) is 0 Å². The van der Waals surface area contributed by atoms with Crippen LogP contribution >= 0.6 is 12.4 Å². The molecule has 0 saturated heterocycles. The first-order valence-electron chi connectivity index (χ1n) is 4.63. The Morgan fingerprint density at radius 3 is 2.54 bits per heavy atom. The Bertz CT molecular complexity index is 175. The van der Waals surface area contributed by atoms with Gasteiger partial charge in [0.2, 0.25) is 0 Å². The second-order valence-corrected chi connectivity index (χ2v) is 3.87. The topological polar surface area (TPSA) is 46.3 Å². The number of amides is 2. The maximum absolute atomic E-state index is 10.9. The Balaban J connectivity index is 0.00000144. The number of rotatable bonds is 1. The van der Waals surface area contributed by atoms with Crippen molar-refractivity contribution >= 4 is 18.4 Å². The van der Waals surface area contributed by atoms with E-state index in [1.54, 1.807) is 11.9 Å². The number of hydrogen-bond donors (Lipinski definition) is 1. The van der Waals surface area contributed by atoms with Gasteiger partial charge in [-0.05, 0) is 18.8 Å². The zero-order valence-corrected chi connectivity index (χ0v) is 9.14. The summed E-state index contributed by atoms with van der Waals surface area (Å²) in [4.78, 5) is 12.5. The monoisotopic (exact) mass is 206 g/mol. The molecular formula is C9H19ClN2O. The Morgan fingerprint density at radius 2 is 2.08 bits per heavy atom. The molecule has 0 spiro atoms. The first-order valence-corrected chi connectivity index (χ1v) is 4.63. The van der Waals surface area contributed by atoms with Crippen LogP contribution < -0.4 is 5.73 Å². The second-order valence-electron chi connectivity index (χ2n) is 3.87. The predicted molar refractivity (Wildman–Crippen MR) is 56.0 cm³/mol. The molecule has 0 aromatic rings. The van der Waals surface area contributed by atoms with Crippen LogP contribution in [0, 0.1) is 5.92 Å². The molecule has 0 bridgehead atoms. The van der Waals surface area contributed by atoms with Crippen molar-refractivity contribution in [3.63, 3.8) is 0 Å². The summed E-state index contributed by atoms with van der Waals surface area (Å²) in [6.07, 6.45) is 4.75. The quantitative estimate of drug-likeness (QED) is 0.701. The number of nitrogens with zero attached hydrogens (tertiary/aromatic N) is 1. The minimum Gasteiger partial charge on any atom is -0.351 e. The minimum atomic E-state index is -0.297. The van der Waals surface area contributed by atoms with E-state index in [9.17, 15) is 4.79 Å². The number of carbonyl (C=O) groups is 1. The summed E-state index contributed by atoms with van der Waals surface area (Å²) in [5.74, 6) is 0.741. The summed E-state index contributed by atoms with van der Waals surface area (Å²) in [6, 6.07) is 0.0837. The molecule has 2 amide bonds. The SMILES string of the molecule is CC1CCCC(N(C)C(N)=O)C1.Cl. The van der Waals surface area contributed by atoms with Crippen LogP contribution in [0.25, 0.3) is 0 Å². The Kier molecular flexibility index (Phi) is 5.14. The summed E-state index contributed by atoms with van der Waals surface area (Å²) in [5.41, 5.74) is 5.20. The molecule has 2 atom stereocenters. The Morgan fingerprint density at radius 1 is 1.46 bits per heavy atom. The van der Waals surface area contributed by atoms with E-state index >= 15 is 0 Å². The maximum Gasteiger partial charge on any atom is 0.314 e. The van der Waals surface area contributed by atoms with E-state index in [4.69, 9.17) is 5.73 Å². The Labute approximate surface area is 86.1 Å². The van der Waals surface area contributed by atoms with Gasteiger partial charge in [-0.1, -0.05) is 19.8 Å². The zero-order chi connectivity index (χ0) is 9.14. The summed E-state index contributed by atoms with van der Waals surface area (Å²) in [6.45, 7) is 2.24. The minimum absolute atomic E-state index is 0. The number of primary amides is 1. The third-order valence-electron chi connectivity index (χ3n) is 2.80. The van der Waals surface area contributed by atoms with Crippen LogP contribution in [0.4, 0.5) is 4.79 Å². The van der Waals surface area contributed by atoms with Crippen molar-refractivity contribution in [2.75, 3.05) is 7.05 Å². The number of halogens is 1. The molecule has 0 aliphatic heterocycles. The molecule has 0 aromatic heterocycles. The van der Waals surface area contributed by atoms with Crippen molar-refractivity contribution in [3.8, 4) is 0 Å². The van der Waals surface area contributed by atoms with Crippen molar-refractivity contribution in [1.82, 2.24) is 4.90 Å². The van der Waals surface area contributed by atoms with Crippen molar-refractivity contribution < 1.29 is 4.79 Å². The molecule has 13 heavy (non-hydrogen) atoms. The van der Waals surface area contributed by atoms with E-state index in [0.717, 1.165) is 18.8 Å². The van der Waals surface area contributed by atoms with Crippen molar-refractivity contribution in [2.45, 2.75) is 38.6 Å². The van der Waals surface area contributed by atoms with Gasteiger partial charge in [0.15, 0.2) is 0 Å². The van der Waals surface area contributed by atoms with E-state index in [1.807, 2.05) is 0 Å². The molecule has 2 N–H and O–H groups in total. The van der Waals surface area contributed by atoms with Crippen LogP contribution in [-0.4, -0.2) is 24.0 Å². The highest BCUT2D eigenvalue weighted by atomic mass is 35.5. The fourth-order valence-corrected chi connectivity index (χ4v) is 1.93. The third kappa shape index (κ3) is 3.43. The van der Waals surface area contributed by atoms with Gasteiger partial charge >= 0.3 is 6.03 Å². The van der Waals surface area contributed by atoms with Gasteiger partial charge in [0.25, 0.3) is 0 Å². The number of hydrogen-bond acceptors (Lipinski definition) is 1. The van der Waals surface area contributed by atoms with Gasteiger partial charge in [-0.25, -0.2) is 4.79 Å². The van der Waals surface area contributed by atoms with Gasteiger partial charge in [0, 0.05) is 13.1 Å². The number of urea groups is 1. The molecule has 0 radical (unpaired) electrons. The lowest BCUT2D eigenvalue weighted by Gasteiger charge is -2.32. The first-order chi connectivity index (χ1) is 5.61. The fourth-order valence-electron chi connectivity index (χ4n) is 1.93. The average Bonchev–Trinajstić information content (AvgIpc) is 2.03. The van der Waals surface area contributed by atoms with Crippen LogP contribution in [0.2, 0.25) is 0 Å². The molecule has 0 aromatic carbocycles. The molecule has 3 nitrogen and oxygen atoms in total. The number of carbonyl (C=O) groups excluding carboxylic acids is 1. The van der Waals surface area contributed by atoms with E-state index in [2.05, 4.69) is 6.92 Å². The average molecular weight is 207 g/mol. The molecule has 1 rings (SSSR count).